The van der Waals surface area contributed by atoms with Crippen LogP contribution < -0.4 is 10.0 Å². The van der Waals surface area contributed by atoms with E-state index in [1.165, 1.54) is 55.6 Å². The summed E-state index contributed by atoms with van der Waals surface area (Å²) in [5.74, 6) is -1.40. The predicted octanol–water partition coefficient (Wildman–Crippen LogP) is 2.50. The van der Waals surface area contributed by atoms with E-state index in [1.807, 2.05) is 0 Å². The summed E-state index contributed by atoms with van der Waals surface area (Å²) < 4.78 is 67.9. The predicted molar refractivity (Wildman–Crippen MR) is 97.8 cm³/mol. The van der Waals surface area contributed by atoms with Gasteiger partial charge in [0.25, 0.3) is 10.0 Å². The second-order valence-corrected chi connectivity index (χ2v) is 7.57. The Morgan fingerprint density at radius 1 is 1.00 bits per heavy atom. The number of carbonyl (C=O) groups is 2. The number of nitrogens with one attached hydrogen (secondary N) is 2. The highest BCUT2D eigenvalue weighted by molar-refractivity contribution is 7.92. The fourth-order valence-electron chi connectivity index (χ4n) is 2.24. The Morgan fingerprint density at radius 3 is 2.10 bits per heavy atom. The zero-order valence-corrected chi connectivity index (χ0v) is 15.9. The number of methoxy groups -OCH3 is 1. The number of alkyl halides is 3. The highest BCUT2D eigenvalue weighted by Crippen LogP contribution is 2.18. The third kappa shape index (κ3) is 6.79. The molecule has 0 saturated heterocycles. The third-order valence-corrected chi connectivity index (χ3v) is 5.04. The van der Waals surface area contributed by atoms with Gasteiger partial charge in [-0.05, 0) is 42.0 Å². The minimum Gasteiger partial charge on any atom is -0.465 e. The number of sulfonamides is 1. The van der Waals surface area contributed by atoms with E-state index in [0.29, 0.717) is 5.56 Å². The van der Waals surface area contributed by atoms with Crippen molar-refractivity contribution in [1.82, 2.24) is 5.32 Å². The number of hydrogen-bond donors (Lipinski definition) is 2. The fourth-order valence-corrected chi connectivity index (χ4v) is 3.30. The van der Waals surface area contributed by atoms with Gasteiger partial charge in [-0.1, -0.05) is 12.1 Å². The topological polar surface area (TPSA) is 102 Å². The van der Waals surface area contributed by atoms with E-state index in [1.54, 1.807) is 5.32 Å². The van der Waals surface area contributed by atoms with Crippen molar-refractivity contribution < 1.29 is 35.9 Å². The van der Waals surface area contributed by atoms with Crippen LogP contribution in [0, 0.1) is 0 Å². The van der Waals surface area contributed by atoms with Crippen molar-refractivity contribution in [2.75, 3.05) is 18.4 Å². The molecule has 1 amide bonds. The molecule has 0 aromatic heterocycles. The lowest BCUT2D eigenvalue weighted by Crippen LogP contribution is -2.34. The Hall–Kier alpha value is -3.08. The summed E-state index contributed by atoms with van der Waals surface area (Å²) in [6.45, 7) is -1.42. The van der Waals surface area contributed by atoms with Crippen LogP contribution in [0.15, 0.2) is 53.4 Å². The minimum absolute atomic E-state index is 0.0826. The molecule has 29 heavy (non-hydrogen) atoms. The lowest BCUT2D eigenvalue weighted by atomic mass is 10.1. The van der Waals surface area contributed by atoms with Crippen molar-refractivity contribution in [1.29, 1.82) is 0 Å². The fraction of sp³-hybridized carbons (Fsp3) is 0.222. The first kappa shape index (κ1) is 22.2. The first-order valence-corrected chi connectivity index (χ1v) is 9.62. The largest absolute Gasteiger partial charge is 0.465 e. The average Bonchev–Trinajstić information content (AvgIpc) is 2.66. The number of anilines is 1. The molecule has 11 heteroatoms. The molecule has 0 heterocycles. The number of hydrogen-bond acceptors (Lipinski definition) is 5. The van der Waals surface area contributed by atoms with E-state index in [9.17, 15) is 31.2 Å². The van der Waals surface area contributed by atoms with E-state index in [-0.39, 0.29) is 22.6 Å². The standard InChI is InChI=1S/C18H17F3N2O5S/c1-28-17(25)13-4-8-15(9-5-13)29(26,27)23-14-6-2-12(3-7-14)10-16(24)22-11-18(19,20)21/h2-9,23H,10-11H2,1H3,(H,22,24). The Morgan fingerprint density at radius 2 is 1.59 bits per heavy atom. The van der Waals surface area contributed by atoms with Crippen LogP contribution >= 0.6 is 0 Å². The SMILES string of the molecule is COC(=O)c1ccc(S(=O)(=O)Nc2ccc(CC(=O)NCC(F)(F)F)cc2)cc1. The minimum atomic E-state index is -4.49. The Balaban J connectivity index is 2.01. The zero-order valence-electron chi connectivity index (χ0n) is 15.1. The molecule has 156 valence electrons. The van der Waals surface area contributed by atoms with Crippen molar-refractivity contribution in [2.45, 2.75) is 17.5 Å². The van der Waals surface area contributed by atoms with Crippen LogP contribution in [0.2, 0.25) is 0 Å². The third-order valence-electron chi connectivity index (χ3n) is 3.64. The van der Waals surface area contributed by atoms with Crippen LogP contribution in [0.25, 0.3) is 0 Å². The summed E-state index contributed by atoms with van der Waals surface area (Å²) >= 11 is 0. The first-order chi connectivity index (χ1) is 13.5. The van der Waals surface area contributed by atoms with Crippen LogP contribution in [0.3, 0.4) is 0 Å². The van der Waals surface area contributed by atoms with Gasteiger partial charge in [0.2, 0.25) is 5.91 Å². The van der Waals surface area contributed by atoms with Gasteiger partial charge >= 0.3 is 12.1 Å². The molecule has 2 aromatic carbocycles. The van der Waals surface area contributed by atoms with Gasteiger partial charge in [-0.15, -0.1) is 0 Å². The van der Waals surface area contributed by atoms with Crippen LogP contribution in [0.5, 0.6) is 0 Å². The quantitative estimate of drug-likeness (QED) is 0.658. The molecule has 0 unspecified atom stereocenters. The van der Waals surface area contributed by atoms with Gasteiger partial charge in [-0.3, -0.25) is 9.52 Å². The van der Waals surface area contributed by atoms with Crippen LogP contribution in [0.1, 0.15) is 15.9 Å². The molecule has 0 radical (unpaired) electrons. The smallest absolute Gasteiger partial charge is 0.405 e. The molecule has 0 fully saturated rings. The second-order valence-electron chi connectivity index (χ2n) is 5.89. The van der Waals surface area contributed by atoms with Gasteiger partial charge in [0.1, 0.15) is 6.54 Å². The van der Waals surface area contributed by atoms with E-state index in [2.05, 4.69) is 9.46 Å². The molecule has 0 spiro atoms. The Labute approximate surface area is 164 Å². The highest BCUT2D eigenvalue weighted by Gasteiger charge is 2.27. The van der Waals surface area contributed by atoms with E-state index in [0.717, 1.165) is 0 Å². The van der Waals surface area contributed by atoms with Crippen molar-refractivity contribution in [3.63, 3.8) is 0 Å². The molecule has 2 rings (SSSR count). The van der Waals surface area contributed by atoms with Crippen LogP contribution in [-0.2, 0) is 26.0 Å². The molecular weight excluding hydrogens is 413 g/mol. The lowest BCUT2D eigenvalue weighted by Gasteiger charge is -2.10. The number of rotatable bonds is 7. The normalized spacial score (nSPS) is 11.6. The summed E-state index contributed by atoms with van der Waals surface area (Å²) in [6, 6.07) is 10.7. The molecule has 0 atom stereocenters. The van der Waals surface area contributed by atoms with E-state index in [4.69, 9.17) is 0 Å². The van der Waals surface area contributed by atoms with Crippen LogP contribution in [0.4, 0.5) is 18.9 Å². The van der Waals surface area contributed by atoms with Crippen molar-refractivity contribution in [3.05, 3.63) is 59.7 Å². The summed E-state index contributed by atoms with van der Waals surface area (Å²) in [7, 11) is -2.72. The number of carbonyl (C=O) groups excluding carboxylic acids is 2. The maximum atomic E-state index is 12.4. The summed E-state index contributed by atoms with van der Waals surface area (Å²) in [4.78, 5) is 22.8. The number of amides is 1. The molecule has 7 nitrogen and oxygen atoms in total. The molecule has 0 saturated carbocycles. The van der Waals surface area contributed by atoms with E-state index >= 15 is 0 Å². The molecule has 0 aliphatic rings. The zero-order chi connectivity index (χ0) is 21.7. The lowest BCUT2D eigenvalue weighted by molar-refractivity contribution is -0.138. The second kappa shape index (κ2) is 8.95. The maximum Gasteiger partial charge on any atom is 0.405 e. The monoisotopic (exact) mass is 430 g/mol. The average molecular weight is 430 g/mol. The Bertz CT molecular complexity index is 972. The van der Waals surface area contributed by atoms with Gasteiger partial charge in [0.15, 0.2) is 0 Å². The number of esters is 1. The van der Waals surface area contributed by atoms with Crippen molar-refractivity contribution >= 4 is 27.6 Å². The van der Waals surface area contributed by atoms with Crippen LogP contribution in [-0.4, -0.2) is 40.1 Å². The molecule has 0 bridgehead atoms. The molecule has 2 N–H and O–H groups in total. The molecule has 2 aromatic rings. The summed E-state index contributed by atoms with van der Waals surface area (Å²) in [5, 5.41) is 1.75. The number of benzene rings is 2. The highest BCUT2D eigenvalue weighted by atomic mass is 32.2. The van der Waals surface area contributed by atoms with Gasteiger partial charge in [0, 0.05) is 5.69 Å². The van der Waals surface area contributed by atoms with Gasteiger partial charge in [-0.25, -0.2) is 13.2 Å². The summed E-state index contributed by atoms with van der Waals surface area (Å²) in [6.07, 6.45) is -4.77. The molecular formula is C18H17F3N2O5S. The van der Waals surface area contributed by atoms with Gasteiger partial charge in [0.05, 0.1) is 24.0 Å². The summed E-state index contributed by atoms with van der Waals surface area (Å²) in [5.41, 5.74) is 0.802. The first-order valence-electron chi connectivity index (χ1n) is 8.14. The van der Waals surface area contributed by atoms with E-state index < -0.39 is 34.6 Å². The van der Waals surface area contributed by atoms with Crippen molar-refractivity contribution in [3.8, 4) is 0 Å². The maximum absolute atomic E-state index is 12.4. The van der Waals surface area contributed by atoms with Gasteiger partial charge < -0.3 is 10.1 Å². The van der Waals surface area contributed by atoms with Crippen molar-refractivity contribution in [2.24, 2.45) is 0 Å². The number of halogens is 3. The Kier molecular flexibility index (Phi) is 6.85. The van der Waals surface area contributed by atoms with Gasteiger partial charge in [-0.2, -0.15) is 13.2 Å². The number of ether oxygens (including phenoxy) is 1. The molecule has 0 aliphatic heterocycles. The molecule has 0 aliphatic carbocycles.